The van der Waals surface area contributed by atoms with Gasteiger partial charge in [-0.2, -0.15) is 8.42 Å². The molecule has 0 heterocycles. The minimum absolute atomic E-state index is 0.0105. The lowest BCUT2D eigenvalue weighted by atomic mass is 10.0. The van der Waals surface area contributed by atoms with Gasteiger partial charge in [-0.05, 0) is 25.6 Å². The third kappa shape index (κ3) is 5.88. The van der Waals surface area contributed by atoms with Crippen molar-refractivity contribution in [2.45, 2.75) is 13.0 Å². The highest BCUT2D eigenvalue weighted by Crippen LogP contribution is 2.12. The third-order valence-electron chi connectivity index (χ3n) is 3.65. The molecule has 2 rings (SSSR count). The van der Waals surface area contributed by atoms with E-state index in [9.17, 15) is 13.2 Å². The van der Waals surface area contributed by atoms with Crippen molar-refractivity contribution in [3.8, 4) is 0 Å². The van der Waals surface area contributed by atoms with Crippen LogP contribution in [0, 0.1) is 0 Å². The van der Waals surface area contributed by atoms with Gasteiger partial charge in [0.05, 0.1) is 5.75 Å². The Hall–Kier alpha value is -2.02. The molecule has 0 saturated carbocycles. The Balaban J connectivity index is 1.91. The van der Waals surface area contributed by atoms with Gasteiger partial charge in [-0.1, -0.05) is 54.6 Å². The van der Waals surface area contributed by atoms with Crippen molar-refractivity contribution in [3.63, 3.8) is 0 Å². The largest absolute Gasteiger partial charge is 0.302 e. The van der Waals surface area contributed by atoms with Crippen LogP contribution in [0.25, 0.3) is 0 Å². The van der Waals surface area contributed by atoms with Crippen molar-refractivity contribution >= 4 is 15.9 Å². The first-order valence-electron chi connectivity index (χ1n) is 7.67. The van der Waals surface area contributed by atoms with Gasteiger partial charge in [0.15, 0.2) is 5.78 Å². The topological polar surface area (TPSA) is 74.7 Å². The Morgan fingerprint density at radius 2 is 1.58 bits per heavy atom. The fourth-order valence-corrected chi connectivity index (χ4v) is 2.92. The zero-order valence-electron chi connectivity index (χ0n) is 13.6. The number of benzene rings is 2. The van der Waals surface area contributed by atoms with Gasteiger partial charge >= 0.3 is 0 Å². The molecule has 0 aromatic heterocycles. The minimum Gasteiger partial charge on any atom is -0.302 e. The fourth-order valence-electron chi connectivity index (χ4n) is 2.43. The molecule has 0 saturated heterocycles. The second-order valence-corrected chi connectivity index (χ2v) is 7.34. The van der Waals surface area contributed by atoms with Crippen LogP contribution >= 0.6 is 0 Å². The van der Waals surface area contributed by atoms with Gasteiger partial charge in [-0.15, -0.1) is 0 Å². The number of rotatable bonds is 8. The van der Waals surface area contributed by atoms with Crippen LogP contribution in [0.3, 0.4) is 0 Å². The summed E-state index contributed by atoms with van der Waals surface area (Å²) in [5, 5.41) is 0. The van der Waals surface area contributed by atoms with Crippen molar-refractivity contribution in [1.29, 1.82) is 0 Å². The quantitative estimate of drug-likeness (QED) is 0.587. The Morgan fingerprint density at radius 1 is 1.00 bits per heavy atom. The van der Waals surface area contributed by atoms with Crippen LogP contribution in [0.5, 0.6) is 0 Å². The van der Waals surface area contributed by atoms with Crippen LogP contribution in [0.2, 0.25) is 0 Å². The maximum absolute atomic E-state index is 12.3. The van der Waals surface area contributed by atoms with Gasteiger partial charge in [0, 0.05) is 17.7 Å². The zero-order chi connectivity index (χ0) is 17.6. The number of ketones is 1. The van der Waals surface area contributed by atoms with Crippen molar-refractivity contribution in [1.82, 2.24) is 4.90 Å². The van der Waals surface area contributed by atoms with Crippen LogP contribution < -0.4 is 0 Å². The highest BCUT2D eigenvalue weighted by Gasteiger charge is 2.09. The molecule has 0 aliphatic carbocycles. The predicted octanol–water partition coefficient (Wildman–Crippen LogP) is 2.63. The molecule has 0 atom stereocenters. The first-order chi connectivity index (χ1) is 11.3. The summed E-state index contributed by atoms with van der Waals surface area (Å²) in [5.41, 5.74) is 2.33. The molecule has 0 fully saturated rings. The Kier molecular flexibility index (Phi) is 6.25. The van der Waals surface area contributed by atoms with E-state index in [1.807, 2.05) is 42.3 Å². The highest BCUT2D eigenvalue weighted by molar-refractivity contribution is 7.85. The number of carbonyl (C=O) groups is 1. The van der Waals surface area contributed by atoms with Crippen molar-refractivity contribution in [2.75, 3.05) is 19.3 Å². The lowest BCUT2D eigenvalue weighted by Gasteiger charge is -2.16. The third-order valence-corrected chi connectivity index (χ3v) is 4.45. The number of hydrogen-bond acceptors (Lipinski definition) is 4. The minimum atomic E-state index is -3.90. The normalized spacial score (nSPS) is 11.6. The number of nitrogens with zero attached hydrogens (tertiary/aromatic N) is 1. The molecule has 2 aromatic carbocycles. The molecule has 0 spiro atoms. The second-order valence-electron chi connectivity index (χ2n) is 5.77. The summed E-state index contributed by atoms with van der Waals surface area (Å²) >= 11 is 0. The van der Waals surface area contributed by atoms with E-state index in [0.29, 0.717) is 30.6 Å². The lowest BCUT2D eigenvalue weighted by molar-refractivity contribution is 0.103. The van der Waals surface area contributed by atoms with Crippen LogP contribution in [0.1, 0.15) is 27.9 Å². The average Bonchev–Trinajstić information content (AvgIpc) is 2.54. The molecule has 0 aliphatic heterocycles. The second kappa shape index (κ2) is 8.19. The van der Waals surface area contributed by atoms with Gasteiger partial charge in [-0.25, -0.2) is 0 Å². The average molecular weight is 347 g/mol. The maximum atomic E-state index is 12.3. The molecule has 0 bridgehead atoms. The van der Waals surface area contributed by atoms with E-state index in [1.165, 1.54) is 0 Å². The SMILES string of the molecule is CN(CCCS(=O)(=O)O)Cc1ccc(C(=O)c2ccccc2)cc1. The summed E-state index contributed by atoms with van der Waals surface area (Å²) in [6.45, 7) is 1.20. The number of carbonyl (C=O) groups excluding carboxylic acids is 1. The molecule has 128 valence electrons. The van der Waals surface area contributed by atoms with Gasteiger partial charge in [0.2, 0.25) is 0 Å². The molecule has 24 heavy (non-hydrogen) atoms. The monoisotopic (exact) mass is 347 g/mol. The Morgan fingerprint density at radius 3 is 2.17 bits per heavy atom. The van der Waals surface area contributed by atoms with Crippen LogP contribution in [-0.4, -0.2) is 43.0 Å². The summed E-state index contributed by atoms with van der Waals surface area (Å²) in [5.74, 6) is -0.245. The molecule has 0 amide bonds. The maximum Gasteiger partial charge on any atom is 0.264 e. The van der Waals surface area contributed by atoms with E-state index in [0.717, 1.165) is 5.56 Å². The van der Waals surface area contributed by atoms with Crippen molar-refractivity contribution < 1.29 is 17.8 Å². The van der Waals surface area contributed by atoms with Gasteiger partial charge in [0.1, 0.15) is 0 Å². The molecular formula is C18H21NO4S. The lowest BCUT2D eigenvalue weighted by Crippen LogP contribution is -2.21. The highest BCUT2D eigenvalue weighted by atomic mass is 32.2. The van der Waals surface area contributed by atoms with Crippen LogP contribution in [0.4, 0.5) is 0 Å². The standard InChI is InChI=1S/C18H21NO4S/c1-19(12-5-13-24(21,22)23)14-15-8-10-17(11-9-15)18(20)16-6-3-2-4-7-16/h2-4,6-11H,5,12-14H2,1H3,(H,21,22,23). The summed E-state index contributed by atoms with van der Waals surface area (Å²) in [6.07, 6.45) is 0.375. The molecular weight excluding hydrogens is 326 g/mol. The predicted molar refractivity (Wildman–Crippen MR) is 93.7 cm³/mol. The number of hydrogen-bond donors (Lipinski definition) is 1. The van der Waals surface area contributed by atoms with Gasteiger partial charge in [-0.3, -0.25) is 9.35 Å². The molecule has 2 aromatic rings. The fraction of sp³-hybridized carbons (Fsp3) is 0.278. The zero-order valence-corrected chi connectivity index (χ0v) is 14.4. The van der Waals surface area contributed by atoms with E-state index >= 15 is 0 Å². The summed E-state index contributed by atoms with van der Waals surface area (Å²) in [7, 11) is -2.02. The van der Waals surface area contributed by atoms with E-state index in [4.69, 9.17) is 4.55 Å². The smallest absolute Gasteiger partial charge is 0.264 e. The molecule has 6 heteroatoms. The summed E-state index contributed by atoms with van der Waals surface area (Å²) in [4.78, 5) is 14.3. The molecule has 0 radical (unpaired) electrons. The van der Waals surface area contributed by atoms with Gasteiger partial charge < -0.3 is 4.90 Å². The van der Waals surface area contributed by atoms with E-state index in [-0.39, 0.29) is 11.5 Å². The summed E-state index contributed by atoms with van der Waals surface area (Å²) in [6, 6.07) is 16.5. The van der Waals surface area contributed by atoms with Crippen molar-refractivity contribution in [3.05, 3.63) is 71.3 Å². The molecule has 5 nitrogen and oxygen atoms in total. The van der Waals surface area contributed by atoms with Gasteiger partial charge in [0.25, 0.3) is 10.1 Å². The first-order valence-corrected chi connectivity index (χ1v) is 9.28. The Labute approximate surface area is 142 Å². The Bertz CT molecular complexity index is 770. The van der Waals surface area contributed by atoms with E-state index < -0.39 is 10.1 Å². The molecule has 1 N–H and O–H groups in total. The first kappa shape index (κ1) is 18.3. The van der Waals surface area contributed by atoms with E-state index in [1.54, 1.807) is 24.3 Å². The van der Waals surface area contributed by atoms with E-state index in [2.05, 4.69) is 0 Å². The summed E-state index contributed by atoms with van der Waals surface area (Å²) < 4.78 is 30.1. The van der Waals surface area contributed by atoms with Crippen LogP contribution in [-0.2, 0) is 16.7 Å². The van der Waals surface area contributed by atoms with Crippen molar-refractivity contribution in [2.24, 2.45) is 0 Å². The molecule has 0 unspecified atom stereocenters. The molecule has 0 aliphatic rings. The van der Waals surface area contributed by atoms with Crippen LogP contribution in [0.15, 0.2) is 54.6 Å².